The van der Waals surface area contributed by atoms with E-state index in [1.165, 1.54) is 23.5 Å². The Bertz CT molecular complexity index is 1930. The van der Waals surface area contributed by atoms with Gasteiger partial charge in [-0.15, -0.1) is 0 Å². The maximum Gasteiger partial charge on any atom is 0.376 e. The number of benzene rings is 2. The number of hydrogen-bond donors (Lipinski definition) is 3. The van der Waals surface area contributed by atoms with Crippen molar-refractivity contribution in [3.63, 3.8) is 0 Å². The van der Waals surface area contributed by atoms with Crippen molar-refractivity contribution in [3.8, 4) is 11.3 Å². The van der Waals surface area contributed by atoms with E-state index in [1.807, 2.05) is 41.1 Å². The first-order valence-electron chi connectivity index (χ1n) is 17.0. The fourth-order valence-corrected chi connectivity index (χ4v) is 6.53. The van der Waals surface area contributed by atoms with Gasteiger partial charge >= 0.3 is 5.97 Å². The van der Waals surface area contributed by atoms with Gasteiger partial charge < -0.3 is 34.8 Å². The minimum atomic E-state index is -0.592. The number of piperazine rings is 1. The number of rotatable bonds is 16. The molecule has 16 heteroatoms. The van der Waals surface area contributed by atoms with Crippen LogP contribution < -0.4 is 37.3 Å². The highest BCUT2D eigenvalue weighted by Gasteiger charge is 2.30. The molecule has 1 aliphatic heterocycles. The number of hydrazine groups is 1. The predicted molar refractivity (Wildman–Crippen MR) is 203 cm³/mol. The molecule has 0 saturated carbocycles. The summed E-state index contributed by atoms with van der Waals surface area (Å²) in [7, 11) is 1.93. The van der Waals surface area contributed by atoms with E-state index in [1.54, 1.807) is 36.0 Å². The van der Waals surface area contributed by atoms with E-state index in [0.717, 1.165) is 43.3 Å². The molecule has 5 N–H and O–H groups in total. The SMILES string of the molecule is CCOC(=O)c1cnc(N2CCN(c3cccc(C(CCCCCNC)n4cnc(-c5cc(Cl)ccc5N(N)/C=C(\N)Cl)cc4=O)c3)C(C=O)C2)o1. The summed E-state index contributed by atoms with van der Waals surface area (Å²) < 4.78 is 12.3. The Morgan fingerprint density at radius 2 is 2.00 bits per heavy atom. The van der Waals surface area contributed by atoms with Crippen LogP contribution in [0.15, 0.2) is 81.6 Å². The first-order valence-corrected chi connectivity index (χ1v) is 17.8. The maximum atomic E-state index is 13.9. The van der Waals surface area contributed by atoms with E-state index in [4.69, 9.17) is 48.9 Å². The van der Waals surface area contributed by atoms with Gasteiger partial charge in [-0.2, -0.15) is 0 Å². The lowest BCUT2D eigenvalue weighted by Crippen LogP contribution is -2.54. The van der Waals surface area contributed by atoms with Gasteiger partial charge in [0.25, 0.3) is 11.6 Å². The van der Waals surface area contributed by atoms with Gasteiger partial charge in [-0.25, -0.2) is 20.6 Å². The topological polar surface area (TPSA) is 178 Å². The van der Waals surface area contributed by atoms with Crippen LogP contribution in [-0.4, -0.2) is 72.7 Å². The third-order valence-electron chi connectivity index (χ3n) is 8.75. The van der Waals surface area contributed by atoms with Crippen molar-refractivity contribution >= 4 is 52.8 Å². The maximum absolute atomic E-state index is 13.9. The molecule has 52 heavy (non-hydrogen) atoms. The largest absolute Gasteiger partial charge is 0.460 e. The van der Waals surface area contributed by atoms with Crippen LogP contribution in [0.3, 0.4) is 0 Å². The lowest BCUT2D eigenvalue weighted by molar-refractivity contribution is -0.109. The normalized spacial score (nSPS) is 15.4. The predicted octanol–water partition coefficient (Wildman–Crippen LogP) is 4.67. The highest BCUT2D eigenvalue weighted by atomic mass is 35.5. The number of aromatic nitrogens is 3. The van der Waals surface area contributed by atoms with E-state index < -0.39 is 12.0 Å². The number of anilines is 3. The van der Waals surface area contributed by atoms with Gasteiger partial charge in [0.15, 0.2) is 0 Å². The number of carbonyl (C=O) groups is 2. The molecule has 14 nitrogen and oxygen atoms in total. The van der Waals surface area contributed by atoms with E-state index in [9.17, 15) is 14.4 Å². The lowest BCUT2D eigenvalue weighted by atomic mass is 9.98. The number of unbranched alkanes of at least 4 members (excludes halogenated alkanes) is 2. The number of carbonyl (C=O) groups excluding carboxylic acids is 2. The number of oxazole rings is 1. The zero-order chi connectivity index (χ0) is 37.2. The molecule has 0 amide bonds. The molecular formula is C36H43Cl2N9O5. The van der Waals surface area contributed by atoms with E-state index in [0.29, 0.717) is 48.0 Å². The number of aldehydes is 1. The summed E-state index contributed by atoms with van der Waals surface area (Å²) in [6, 6.07) is 13.8. The Labute approximate surface area is 311 Å². The summed E-state index contributed by atoms with van der Waals surface area (Å²) in [5.41, 5.74) is 8.52. The Morgan fingerprint density at radius 3 is 2.73 bits per heavy atom. The molecule has 2 aromatic carbocycles. The Kier molecular flexibility index (Phi) is 13.3. The second-order valence-corrected chi connectivity index (χ2v) is 13.1. The zero-order valence-electron chi connectivity index (χ0n) is 29.1. The first-order chi connectivity index (χ1) is 25.1. The molecule has 276 valence electrons. The summed E-state index contributed by atoms with van der Waals surface area (Å²) in [6.45, 7) is 4.11. The van der Waals surface area contributed by atoms with Crippen LogP contribution >= 0.6 is 23.2 Å². The molecular weight excluding hydrogens is 709 g/mol. The molecule has 2 atom stereocenters. The average Bonchev–Trinajstić information content (AvgIpc) is 3.64. The van der Waals surface area contributed by atoms with Crippen molar-refractivity contribution in [2.45, 2.75) is 44.7 Å². The van der Waals surface area contributed by atoms with Gasteiger partial charge in [-0.1, -0.05) is 48.2 Å². The van der Waals surface area contributed by atoms with Crippen molar-refractivity contribution in [2.75, 3.05) is 54.6 Å². The number of hydrogen-bond acceptors (Lipinski definition) is 13. The van der Waals surface area contributed by atoms with Gasteiger partial charge in [0.05, 0.1) is 42.8 Å². The van der Waals surface area contributed by atoms with Crippen LogP contribution in [0.1, 0.15) is 54.8 Å². The minimum Gasteiger partial charge on any atom is -0.460 e. The lowest BCUT2D eigenvalue weighted by Gasteiger charge is -2.40. The summed E-state index contributed by atoms with van der Waals surface area (Å²) in [6.07, 6.45) is 8.65. The van der Waals surface area contributed by atoms with Gasteiger partial charge in [0, 0.05) is 42.0 Å². The second-order valence-electron chi connectivity index (χ2n) is 12.2. The van der Waals surface area contributed by atoms with Crippen molar-refractivity contribution in [2.24, 2.45) is 11.6 Å². The molecule has 5 rings (SSSR count). The fourth-order valence-electron chi connectivity index (χ4n) is 6.25. The number of nitrogens with one attached hydrogen (secondary N) is 1. The van der Waals surface area contributed by atoms with Crippen LogP contribution in [0.4, 0.5) is 17.4 Å². The molecule has 2 unspecified atom stereocenters. The minimum absolute atomic E-state index is 0.00687. The Balaban J connectivity index is 1.43. The van der Waals surface area contributed by atoms with Crippen LogP contribution in [0, 0.1) is 0 Å². The molecule has 0 radical (unpaired) electrons. The molecule has 0 bridgehead atoms. The summed E-state index contributed by atoms with van der Waals surface area (Å²) in [5, 5.41) is 4.85. The van der Waals surface area contributed by atoms with Crippen molar-refractivity contribution in [1.82, 2.24) is 19.9 Å². The summed E-state index contributed by atoms with van der Waals surface area (Å²) in [5.74, 6) is 5.62. The molecule has 2 aromatic heterocycles. The van der Waals surface area contributed by atoms with Crippen molar-refractivity contribution in [3.05, 3.63) is 99.1 Å². The number of ether oxygens (including phenoxy) is 1. The third kappa shape index (κ3) is 9.31. The van der Waals surface area contributed by atoms with Gasteiger partial charge in [-0.3, -0.25) is 14.4 Å². The summed E-state index contributed by atoms with van der Waals surface area (Å²) in [4.78, 5) is 51.2. The first kappa shape index (κ1) is 38.3. The number of nitrogens with two attached hydrogens (primary N) is 2. The second kappa shape index (κ2) is 18.0. The molecule has 1 saturated heterocycles. The molecule has 0 aliphatic carbocycles. The molecule has 1 fully saturated rings. The van der Waals surface area contributed by atoms with Crippen LogP contribution in [0.2, 0.25) is 5.02 Å². The zero-order valence-corrected chi connectivity index (χ0v) is 30.6. The number of esters is 1. The smallest absolute Gasteiger partial charge is 0.376 e. The van der Waals surface area contributed by atoms with Crippen molar-refractivity contribution in [1.29, 1.82) is 0 Å². The molecule has 1 aliphatic rings. The van der Waals surface area contributed by atoms with Crippen LogP contribution in [0.25, 0.3) is 11.3 Å². The van der Waals surface area contributed by atoms with E-state index >= 15 is 0 Å². The fraction of sp³-hybridized carbons (Fsp3) is 0.361. The standard InChI is InChI=1S/C36H43Cl2N9O5/c1-3-51-35(50)32-19-42-36(52-32)44-14-15-45(27(20-44)22-48)26-9-7-8-24(16-26)30(10-5-4-6-13-41-2)46-23-43-29(18-34(46)49)28-17-25(37)11-12-31(28)47(40)21-33(38)39/h7-9,11-12,16-19,21-23,27,30,41H,3-6,10,13-15,20,39-40H2,1-2H3/b33-21-. The van der Waals surface area contributed by atoms with Crippen LogP contribution in [-0.2, 0) is 9.53 Å². The van der Waals surface area contributed by atoms with Crippen molar-refractivity contribution < 1.29 is 18.7 Å². The van der Waals surface area contributed by atoms with Gasteiger partial charge in [0.2, 0.25) is 5.76 Å². The highest BCUT2D eigenvalue weighted by Crippen LogP contribution is 2.33. The quantitative estimate of drug-likeness (QED) is 0.0360. The van der Waals surface area contributed by atoms with Gasteiger partial charge in [-0.05, 0) is 69.3 Å². The average molecular weight is 753 g/mol. The number of halogens is 2. The molecule has 0 spiro atoms. The monoisotopic (exact) mass is 751 g/mol. The van der Waals surface area contributed by atoms with Crippen LogP contribution in [0.5, 0.6) is 0 Å². The summed E-state index contributed by atoms with van der Waals surface area (Å²) >= 11 is 12.2. The van der Waals surface area contributed by atoms with E-state index in [2.05, 4.69) is 10.3 Å². The molecule has 3 heterocycles. The highest BCUT2D eigenvalue weighted by molar-refractivity contribution is 6.31. The Hall–Kier alpha value is -4.89. The van der Waals surface area contributed by atoms with Gasteiger partial charge in [0.1, 0.15) is 17.5 Å². The third-order valence-corrected chi connectivity index (χ3v) is 9.09. The van der Waals surface area contributed by atoms with E-state index in [-0.39, 0.29) is 35.1 Å². The number of nitrogens with zero attached hydrogens (tertiary/aromatic N) is 6. The Morgan fingerprint density at radius 1 is 1.17 bits per heavy atom. The molecule has 4 aromatic rings.